The van der Waals surface area contributed by atoms with Gasteiger partial charge in [0.25, 0.3) is 0 Å². The lowest BCUT2D eigenvalue weighted by Gasteiger charge is -2.15. The number of rotatable bonds is 8. The highest BCUT2D eigenvalue weighted by Crippen LogP contribution is 2.29. The average Bonchev–Trinajstić information content (AvgIpc) is 2.59. The molecule has 0 bridgehead atoms. The third-order valence-corrected chi connectivity index (χ3v) is 3.80. The second-order valence-corrected chi connectivity index (χ2v) is 5.86. The Kier molecular flexibility index (Phi) is 6.72. The summed E-state index contributed by atoms with van der Waals surface area (Å²) in [5, 5.41) is 0. The van der Waals surface area contributed by atoms with Gasteiger partial charge in [0.2, 0.25) is 0 Å². The molecule has 0 N–H and O–H groups in total. The molecular weight excluding hydrogens is 336 g/mol. The van der Waals surface area contributed by atoms with Crippen molar-refractivity contribution >= 4 is 23.6 Å². The first kappa shape index (κ1) is 19.4. The third-order valence-electron chi connectivity index (χ3n) is 3.80. The van der Waals surface area contributed by atoms with Crippen molar-refractivity contribution in [3.63, 3.8) is 0 Å². The standard InChI is InChI=1S/C20H22O6/c1-4-5-10-25-18-12-14(7-9-17(18)24-3)6-8-15(21)19-16(22)11-13(2)26-20(19)23/h6-9,11-12,19H,4-5,10H2,1-3H3/b8-6+. The maximum atomic E-state index is 12.2. The predicted molar refractivity (Wildman–Crippen MR) is 95.8 cm³/mol. The Morgan fingerprint density at radius 3 is 2.69 bits per heavy atom. The van der Waals surface area contributed by atoms with Gasteiger partial charge in [-0.2, -0.15) is 0 Å². The van der Waals surface area contributed by atoms with E-state index in [1.54, 1.807) is 25.3 Å². The molecule has 1 atom stereocenters. The minimum atomic E-state index is -1.44. The molecule has 0 saturated heterocycles. The van der Waals surface area contributed by atoms with Gasteiger partial charge in [-0.1, -0.05) is 25.5 Å². The lowest BCUT2D eigenvalue weighted by Crippen LogP contribution is -2.34. The first-order valence-electron chi connectivity index (χ1n) is 8.42. The van der Waals surface area contributed by atoms with E-state index in [0.717, 1.165) is 18.9 Å². The fourth-order valence-electron chi connectivity index (χ4n) is 2.41. The molecule has 138 valence electrons. The van der Waals surface area contributed by atoms with Gasteiger partial charge in [0.1, 0.15) is 5.76 Å². The molecule has 0 aliphatic carbocycles. The van der Waals surface area contributed by atoms with E-state index in [-0.39, 0.29) is 5.76 Å². The first-order chi connectivity index (χ1) is 12.5. The van der Waals surface area contributed by atoms with Gasteiger partial charge in [-0.3, -0.25) is 14.4 Å². The molecule has 1 aromatic carbocycles. The molecule has 1 aromatic rings. The normalized spacial score (nSPS) is 17.0. The summed E-state index contributed by atoms with van der Waals surface area (Å²) in [6, 6.07) is 5.22. The number of benzene rings is 1. The van der Waals surface area contributed by atoms with Gasteiger partial charge in [-0.25, -0.2) is 0 Å². The van der Waals surface area contributed by atoms with E-state index >= 15 is 0 Å². The number of methoxy groups -OCH3 is 1. The Morgan fingerprint density at radius 2 is 2.04 bits per heavy atom. The molecule has 6 nitrogen and oxygen atoms in total. The van der Waals surface area contributed by atoms with Crippen molar-refractivity contribution in [1.82, 2.24) is 0 Å². The summed E-state index contributed by atoms with van der Waals surface area (Å²) in [5.74, 6) is -2.10. The van der Waals surface area contributed by atoms with Gasteiger partial charge in [0.05, 0.1) is 13.7 Å². The highest BCUT2D eigenvalue weighted by atomic mass is 16.5. The number of unbranched alkanes of at least 4 members (excludes halogenated alkanes) is 1. The molecule has 1 aliphatic heterocycles. The highest BCUT2D eigenvalue weighted by molar-refractivity contribution is 6.25. The summed E-state index contributed by atoms with van der Waals surface area (Å²) >= 11 is 0. The van der Waals surface area contributed by atoms with E-state index in [1.807, 2.05) is 0 Å². The van der Waals surface area contributed by atoms with Crippen molar-refractivity contribution in [2.24, 2.45) is 5.92 Å². The topological polar surface area (TPSA) is 78.9 Å². The second kappa shape index (κ2) is 8.99. The molecular formula is C20H22O6. The number of hydrogen-bond donors (Lipinski definition) is 0. The van der Waals surface area contributed by atoms with Gasteiger partial charge in [0.15, 0.2) is 29.0 Å². The summed E-state index contributed by atoms with van der Waals surface area (Å²) in [6.45, 7) is 4.12. The summed E-state index contributed by atoms with van der Waals surface area (Å²) in [4.78, 5) is 35.9. The maximum absolute atomic E-state index is 12.2. The first-order valence-corrected chi connectivity index (χ1v) is 8.42. The minimum Gasteiger partial charge on any atom is -0.493 e. The van der Waals surface area contributed by atoms with Crippen LogP contribution in [0, 0.1) is 5.92 Å². The van der Waals surface area contributed by atoms with E-state index in [1.165, 1.54) is 19.1 Å². The minimum absolute atomic E-state index is 0.192. The van der Waals surface area contributed by atoms with Crippen LogP contribution in [0.25, 0.3) is 6.08 Å². The monoisotopic (exact) mass is 358 g/mol. The number of ketones is 2. The van der Waals surface area contributed by atoms with Crippen LogP contribution in [0.3, 0.4) is 0 Å². The quantitative estimate of drug-likeness (QED) is 0.307. The molecule has 0 fully saturated rings. The number of esters is 1. The number of carbonyl (C=O) groups excluding carboxylic acids is 3. The van der Waals surface area contributed by atoms with Gasteiger partial charge in [-0.15, -0.1) is 0 Å². The van der Waals surface area contributed by atoms with Crippen molar-refractivity contribution in [3.8, 4) is 11.5 Å². The number of hydrogen-bond acceptors (Lipinski definition) is 6. The smallest absolute Gasteiger partial charge is 0.329 e. The Bertz CT molecular complexity index is 760. The molecule has 0 saturated carbocycles. The molecule has 26 heavy (non-hydrogen) atoms. The number of carbonyl (C=O) groups is 3. The zero-order valence-corrected chi connectivity index (χ0v) is 15.1. The molecule has 0 radical (unpaired) electrons. The van der Waals surface area contributed by atoms with E-state index < -0.39 is 23.5 Å². The van der Waals surface area contributed by atoms with Crippen molar-refractivity contribution in [3.05, 3.63) is 41.7 Å². The van der Waals surface area contributed by atoms with Crippen molar-refractivity contribution < 1.29 is 28.6 Å². The highest BCUT2D eigenvalue weighted by Gasteiger charge is 2.36. The van der Waals surface area contributed by atoms with Crippen LogP contribution in [0.2, 0.25) is 0 Å². The van der Waals surface area contributed by atoms with Crippen LogP contribution >= 0.6 is 0 Å². The van der Waals surface area contributed by atoms with Gasteiger partial charge in [0, 0.05) is 6.08 Å². The van der Waals surface area contributed by atoms with Crippen LogP contribution < -0.4 is 9.47 Å². The van der Waals surface area contributed by atoms with Gasteiger partial charge in [-0.05, 0) is 37.1 Å². The molecule has 1 heterocycles. The van der Waals surface area contributed by atoms with Crippen molar-refractivity contribution in [1.29, 1.82) is 0 Å². The zero-order chi connectivity index (χ0) is 19.1. The molecule has 6 heteroatoms. The maximum Gasteiger partial charge on any atom is 0.329 e. The average molecular weight is 358 g/mol. The fraction of sp³-hybridized carbons (Fsp3) is 0.350. The van der Waals surface area contributed by atoms with Crippen LogP contribution in [-0.4, -0.2) is 31.3 Å². The lowest BCUT2D eigenvalue weighted by atomic mass is 9.96. The Balaban J connectivity index is 2.14. The van der Waals surface area contributed by atoms with E-state index in [0.29, 0.717) is 23.7 Å². The van der Waals surface area contributed by atoms with Crippen LogP contribution in [0.4, 0.5) is 0 Å². The number of cyclic esters (lactones) is 1. The Labute approximate surface area is 152 Å². The van der Waals surface area contributed by atoms with Crippen molar-refractivity contribution in [2.45, 2.75) is 26.7 Å². The SMILES string of the molecule is CCCCOc1cc(/C=C/C(=O)C2C(=O)C=C(C)OC2=O)ccc1OC. The van der Waals surface area contributed by atoms with Crippen LogP contribution in [-0.2, 0) is 19.1 Å². The fourth-order valence-corrected chi connectivity index (χ4v) is 2.41. The van der Waals surface area contributed by atoms with Crippen molar-refractivity contribution in [2.75, 3.05) is 13.7 Å². The molecule has 1 aliphatic rings. The van der Waals surface area contributed by atoms with Gasteiger partial charge < -0.3 is 14.2 Å². The van der Waals surface area contributed by atoms with Gasteiger partial charge >= 0.3 is 5.97 Å². The third kappa shape index (κ3) is 4.81. The van der Waals surface area contributed by atoms with Crippen LogP contribution in [0.15, 0.2) is 36.1 Å². The summed E-state index contributed by atoms with van der Waals surface area (Å²) in [7, 11) is 1.55. The Hall–Kier alpha value is -2.89. The molecule has 1 unspecified atom stereocenters. The van der Waals surface area contributed by atoms with Crippen LogP contribution in [0.5, 0.6) is 11.5 Å². The second-order valence-electron chi connectivity index (χ2n) is 5.86. The largest absolute Gasteiger partial charge is 0.493 e. The zero-order valence-electron chi connectivity index (χ0n) is 15.1. The number of allylic oxidation sites excluding steroid dienone is 3. The van der Waals surface area contributed by atoms with E-state index in [9.17, 15) is 14.4 Å². The molecule has 0 aromatic heterocycles. The Morgan fingerprint density at radius 1 is 1.27 bits per heavy atom. The summed E-state index contributed by atoms with van der Waals surface area (Å²) in [6.07, 6.45) is 5.82. The van der Waals surface area contributed by atoms with E-state index in [4.69, 9.17) is 14.2 Å². The number of ether oxygens (including phenoxy) is 3. The molecule has 0 spiro atoms. The van der Waals surface area contributed by atoms with Crippen LogP contribution in [0.1, 0.15) is 32.3 Å². The summed E-state index contributed by atoms with van der Waals surface area (Å²) in [5.41, 5.74) is 0.689. The lowest BCUT2D eigenvalue weighted by molar-refractivity contribution is -0.151. The van der Waals surface area contributed by atoms with E-state index in [2.05, 4.69) is 6.92 Å². The molecule has 0 amide bonds. The molecule has 2 rings (SSSR count). The predicted octanol–water partition coefficient (Wildman–Crippen LogP) is 3.10. The summed E-state index contributed by atoms with van der Waals surface area (Å²) < 4.78 is 15.8.